The number of likely N-dealkylation sites (tertiary alicyclic amines) is 1. The van der Waals surface area contributed by atoms with Crippen LogP contribution in [0.5, 0.6) is 0 Å². The third-order valence-corrected chi connectivity index (χ3v) is 3.22. The van der Waals surface area contributed by atoms with E-state index >= 15 is 0 Å². The molecule has 1 aliphatic heterocycles. The molecule has 4 N–H and O–H groups in total. The minimum absolute atomic E-state index is 0.357. The highest BCUT2D eigenvalue weighted by Crippen LogP contribution is 2.09. The Morgan fingerprint density at radius 1 is 1.12 bits per heavy atom. The largest absolute Gasteiger partial charge is 0.330 e. The zero-order chi connectivity index (χ0) is 12.5. The SMILES string of the molecule is CC(C)NC(NCCCCCN)N1CCCC1. The van der Waals surface area contributed by atoms with Crippen LogP contribution in [0.2, 0.25) is 0 Å². The van der Waals surface area contributed by atoms with Gasteiger partial charge in [0.2, 0.25) is 0 Å². The van der Waals surface area contributed by atoms with Gasteiger partial charge in [-0.3, -0.25) is 15.5 Å². The summed E-state index contributed by atoms with van der Waals surface area (Å²) in [6.07, 6.45) is 6.64. The maximum atomic E-state index is 5.50. The lowest BCUT2D eigenvalue weighted by Gasteiger charge is -2.31. The molecule has 4 heteroatoms. The molecule has 1 unspecified atom stereocenters. The molecule has 0 aromatic rings. The van der Waals surface area contributed by atoms with Crippen molar-refractivity contribution in [3.63, 3.8) is 0 Å². The summed E-state index contributed by atoms with van der Waals surface area (Å²) >= 11 is 0. The van der Waals surface area contributed by atoms with Crippen LogP contribution in [-0.2, 0) is 0 Å². The molecule has 0 amide bonds. The smallest absolute Gasteiger partial charge is 0.114 e. The Morgan fingerprint density at radius 2 is 1.82 bits per heavy atom. The van der Waals surface area contributed by atoms with E-state index in [1.165, 1.54) is 38.8 Å². The van der Waals surface area contributed by atoms with Gasteiger partial charge in [-0.2, -0.15) is 0 Å². The van der Waals surface area contributed by atoms with E-state index in [9.17, 15) is 0 Å². The lowest BCUT2D eigenvalue weighted by atomic mass is 10.2. The molecule has 0 radical (unpaired) electrons. The molecule has 0 bridgehead atoms. The Morgan fingerprint density at radius 3 is 2.41 bits per heavy atom. The predicted octanol–water partition coefficient (Wildman–Crippen LogP) is 1.08. The average Bonchev–Trinajstić information content (AvgIpc) is 2.80. The van der Waals surface area contributed by atoms with Gasteiger partial charge in [-0.15, -0.1) is 0 Å². The first kappa shape index (κ1) is 14.9. The molecule has 0 aromatic heterocycles. The topological polar surface area (TPSA) is 53.3 Å². The van der Waals surface area contributed by atoms with Gasteiger partial charge in [0.1, 0.15) is 6.29 Å². The number of nitrogens with zero attached hydrogens (tertiary/aromatic N) is 1. The van der Waals surface area contributed by atoms with Crippen LogP contribution in [0.25, 0.3) is 0 Å². The van der Waals surface area contributed by atoms with E-state index in [0.29, 0.717) is 12.3 Å². The standard InChI is InChI=1S/C13H30N4/c1-12(2)16-13(17-10-6-7-11-17)15-9-5-3-4-8-14/h12-13,15-16H,3-11,14H2,1-2H3. The van der Waals surface area contributed by atoms with Gasteiger partial charge in [0.05, 0.1) is 0 Å². The molecule has 102 valence electrons. The Kier molecular flexibility index (Phi) is 7.77. The van der Waals surface area contributed by atoms with Crippen molar-refractivity contribution in [3.8, 4) is 0 Å². The Labute approximate surface area is 106 Å². The van der Waals surface area contributed by atoms with Crippen LogP contribution in [-0.4, -0.2) is 43.4 Å². The van der Waals surface area contributed by atoms with E-state index in [4.69, 9.17) is 5.73 Å². The van der Waals surface area contributed by atoms with E-state index < -0.39 is 0 Å². The maximum Gasteiger partial charge on any atom is 0.114 e. The quantitative estimate of drug-likeness (QED) is 0.418. The van der Waals surface area contributed by atoms with Crippen LogP contribution >= 0.6 is 0 Å². The third kappa shape index (κ3) is 6.36. The number of hydrogen-bond acceptors (Lipinski definition) is 4. The Hall–Kier alpha value is -0.160. The number of rotatable bonds is 9. The normalized spacial score (nSPS) is 19.1. The van der Waals surface area contributed by atoms with Crippen molar-refractivity contribution in [3.05, 3.63) is 0 Å². The van der Waals surface area contributed by atoms with Crippen molar-refractivity contribution < 1.29 is 0 Å². The van der Waals surface area contributed by atoms with E-state index in [1.807, 2.05) is 0 Å². The number of nitrogens with one attached hydrogen (secondary N) is 2. The summed E-state index contributed by atoms with van der Waals surface area (Å²) < 4.78 is 0. The lowest BCUT2D eigenvalue weighted by molar-refractivity contribution is 0.156. The number of unbranched alkanes of at least 4 members (excludes halogenated alkanes) is 2. The van der Waals surface area contributed by atoms with Crippen LogP contribution in [0.4, 0.5) is 0 Å². The van der Waals surface area contributed by atoms with Gasteiger partial charge in [-0.1, -0.05) is 6.42 Å². The van der Waals surface area contributed by atoms with Gasteiger partial charge in [-0.25, -0.2) is 0 Å². The molecule has 1 fully saturated rings. The molecular formula is C13H30N4. The highest BCUT2D eigenvalue weighted by molar-refractivity contribution is 4.74. The van der Waals surface area contributed by atoms with Crippen LogP contribution in [0, 0.1) is 0 Å². The highest BCUT2D eigenvalue weighted by atomic mass is 15.4. The first-order valence-electron chi connectivity index (χ1n) is 7.17. The van der Waals surface area contributed by atoms with Gasteiger partial charge in [-0.05, 0) is 52.6 Å². The summed E-state index contributed by atoms with van der Waals surface area (Å²) in [4.78, 5) is 2.52. The van der Waals surface area contributed by atoms with Gasteiger partial charge in [0, 0.05) is 19.1 Å². The molecule has 1 heterocycles. The fourth-order valence-corrected chi connectivity index (χ4v) is 2.29. The van der Waals surface area contributed by atoms with Crippen molar-refractivity contribution in [1.29, 1.82) is 0 Å². The van der Waals surface area contributed by atoms with Crippen molar-refractivity contribution in [2.45, 2.75) is 58.3 Å². The predicted molar refractivity (Wildman–Crippen MR) is 73.8 cm³/mol. The lowest BCUT2D eigenvalue weighted by Crippen LogP contribution is -2.56. The van der Waals surface area contributed by atoms with Crippen LogP contribution in [0.3, 0.4) is 0 Å². The van der Waals surface area contributed by atoms with Gasteiger partial charge >= 0.3 is 0 Å². The van der Waals surface area contributed by atoms with E-state index in [2.05, 4.69) is 29.4 Å². The Balaban J connectivity index is 2.20. The number of hydrogen-bond donors (Lipinski definition) is 3. The Bertz CT molecular complexity index is 178. The zero-order valence-corrected chi connectivity index (χ0v) is 11.5. The first-order chi connectivity index (χ1) is 8.24. The van der Waals surface area contributed by atoms with Crippen molar-refractivity contribution >= 4 is 0 Å². The van der Waals surface area contributed by atoms with Crippen LogP contribution in [0.15, 0.2) is 0 Å². The molecule has 1 atom stereocenters. The second-order valence-electron chi connectivity index (χ2n) is 5.27. The van der Waals surface area contributed by atoms with Gasteiger partial charge < -0.3 is 5.73 Å². The van der Waals surface area contributed by atoms with Gasteiger partial charge in [0.25, 0.3) is 0 Å². The second-order valence-corrected chi connectivity index (χ2v) is 5.27. The summed E-state index contributed by atoms with van der Waals surface area (Å²) in [6.45, 7) is 8.76. The fraction of sp³-hybridized carbons (Fsp3) is 1.00. The molecule has 0 aromatic carbocycles. The minimum atomic E-state index is 0.357. The fourth-order valence-electron chi connectivity index (χ4n) is 2.29. The van der Waals surface area contributed by atoms with E-state index in [1.54, 1.807) is 0 Å². The average molecular weight is 242 g/mol. The van der Waals surface area contributed by atoms with E-state index in [0.717, 1.165) is 19.5 Å². The third-order valence-electron chi connectivity index (χ3n) is 3.22. The van der Waals surface area contributed by atoms with Crippen LogP contribution < -0.4 is 16.4 Å². The van der Waals surface area contributed by atoms with Crippen molar-refractivity contribution in [2.75, 3.05) is 26.2 Å². The van der Waals surface area contributed by atoms with Crippen molar-refractivity contribution in [2.24, 2.45) is 5.73 Å². The molecule has 4 nitrogen and oxygen atoms in total. The molecule has 1 rings (SSSR count). The monoisotopic (exact) mass is 242 g/mol. The summed E-state index contributed by atoms with van der Waals surface area (Å²) in [5.74, 6) is 0. The first-order valence-corrected chi connectivity index (χ1v) is 7.17. The van der Waals surface area contributed by atoms with Crippen molar-refractivity contribution in [1.82, 2.24) is 15.5 Å². The minimum Gasteiger partial charge on any atom is -0.330 e. The molecule has 1 aliphatic rings. The molecule has 0 saturated carbocycles. The molecule has 0 spiro atoms. The number of nitrogens with two attached hydrogens (primary N) is 1. The maximum absolute atomic E-state index is 5.50. The molecule has 1 saturated heterocycles. The highest BCUT2D eigenvalue weighted by Gasteiger charge is 2.21. The summed E-state index contributed by atoms with van der Waals surface area (Å²) in [5.41, 5.74) is 5.50. The molecule has 0 aliphatic carbocycles. The molecule has 17 heavy (non-hydrogen) atoms. The van der Waals surface area contributed by atoms with Gasteiger partial charge in [0.15, 0.2) is 0 Å². The zero-order valence-electron chi connectivity index (χ0n) is 11.5. The van der Waals surface area contributed by atoms with Crippen LogP contribution in [0.1, 0.15) is 46.0 Å². The van der Waals surface area contributed by atoms with E-state index in [-0.39, 0.29) is 0 Å². The summed E-state index contributed by atoms with van der Waals surface area (Å²) in [6, 6.07) is 0.525. The summed E-state index contributed by atoms with van der Waals surface area (Å²) in [5, 5.41) is 7.23. The second kappa shape index (κ2) is 8.86. The molecular weight excluding hydrogens is 212 g/mol. The summed E-state index contributed by atoms with van der Waals surface area (Å²) in [7, 11) is 0.